The Labute approximate surface area is 366 Å². The molecule has 0 saturated heterocycles. The molecule has 0 spiro atoms. The van der Waals surface area contributed by atoms with E-state index < -0.39 is 0 Å². The molecule has 0 atom stereocenters. The second kappa shape index (κ2) is 15.3. The summed E-state index contributed by atoms with van der Waals surface area (Å²) in [5.41, 5.74) is 18.0. The van der Waals surface area contributed by atoms with Gasteiger partial charge in [0.15, 0.2) is 0 Å². The summed E-state index contributed by atoms with van der Waals surface area (Å²) in [6.45, 7) is 0. The third kappa shape index (κ3) is 6.46. The van der Waals surface area contributed by atoms with Crippen molar-refractivity contribution >= 4 is 60.8 Å². The second-order valence-electron chi connectivity index (χ2n) is 16.1. The highest BCUT2D eigenvalue weighted by Crippen LogP contribution is 2.41. The molecular weight excluding hydrogens is 765 g/mol. The monoisotopic (exact) mass is 804 g/mol. The van der Waals surface area contributed by atoms with Gasteiger partial charge in [-0.1, -0.05) is 176 Å². The van der Waals surface area contributed by atoms with Gasteiger partial charge in [-0.2, -0.15) is 0 Å². The van der Waals surface area contributed by atoms with Crippen molar-refractivity contribution in [2.75, 3.05) is 4.90 Å². The van der Waals surface area contributed by atoms with Crippen LogP contribution in [0.25, 0.3) is 93.9 Å². The third-order valence-electron chi connectivity index (χ3n) is 12.4. The summed E-state index contributed by atoms with van der Waals surface area (Å²) in [5, 5.41) is 4.71. The largest absolute Gasteiger partial charge is 0.456 e. The Balaban J connectivity index is 0.903. The standard InChI is InChI=1S/C60H40N2O/c1-3-13-41(14-4-1)44-27-32-48(33-28-44)61(50-36-38-60-55(40-50)54-19-9-12-22-59(54)63-60)49-34-29-45(30-35-49)43-23-25-46(26-24-43)51-17-7-10-20-56(51)62-57-21-11-8-18-52(57)53-37-31-47(39-58(53)62)42-15-5-2-6-16-42/h1-40H. The Morgan fingerprint density at radius 3 is 1.46 bits per heavy atom. The lowest BCUT2D eigenvalue weighted by atomic mass is 9.98. The summed E-state index contributed by atoms with van der Waals surface area (Å²) in [6, 6.07) is 87.1. The number of anilines is 3. The minimum Gasteiger partial charge on any atom is -0.456 e. The first-order chi connectivity index (χ1) is 31.2. The van der Waals surface area contributed by atoms with Crippen LogP contribution in [-0.2, 0) is 0 Å². The van der Waals surface area contributed by atoms with Crippen LogP contribution in [0, 0.1) is 0 Å². The molecule has 0 aliphatic carbocycles. The van der Waals surface area contributed by atoms with Crippen LogP contribution < -0.4 is 4.90 Å². The van der Waals surface area contributed by atoms with Crippen LogP contribution >= 0.6 is 0 Å². The van der Waals surface area contributed by atoms with Gasteiger partial charge < -0.3 is 13.9 Å². The van der Waals surface area contributed by atoms with Gasteiger partial charge >= 0.3 is 0 Å². The molecule has 12 rings (SSSR count). The molecule has 12 aromatic rings. The Hall–Kier alpha value is -8.40. The summed E-state index contributed by atoms with van der Waals surface area (Å²) in [5.74, 6) is 0. The molecule has 10 aromatic carbocycles. The van der Waals surface area contributed by atoms with Gasteiger partial charge in [-0.05, 0) is 106 Å². The van der Waals surface area contributed by atoms with E-state index in [1.54, 1.807) is 0 Å². The van der Waals surface area contributed by atoms with Crippen LogP contribution in [0.3, 0.4) is 0 Å². The lowest BCUT2D eigenvalue weighted by molar-refractivity contribution is 0.669. The van der Waals surface area contributed by atoms with Gasteiger partial charge in [-0.3, -0.25) is 0 Å². The molecule has 0 saturated carbocycles. The lowest BCUT2D eigenvalue weighted by Gasteiger charge is -2.26. The zero-order valence-corrected chi connectivity index (χ0v) is 34.4. The summed E-state index contributed by atoms with van der Waals surface area (Å²) < 4.78 is 8.66. The Bertz CT molecular complexity index is 3580. The van der Waals surface area contributed by atoms with Crippen LogP contribution in [0.5, 0.6) is 0 Å². The van der Waals surface area contributed by atoms with E-state index >= 15 is 0 Å². The highest BCUT2D eigenvalue weighted by Gasteiger charge is 2.18. The number of hydrogen-bond acceptors (Lipinski definition) is 2. The first kappa shape index (κ1) is 36.5. The van der Waals surface area contributed by atoms with E-state index in [-0.39, 0.29) is 0 Å². The van der Waals surface area contributed by atoms with Crippen molar-refractivity contribution in [2.45, 2.75) is 0 Å². The maximum atomic E-state index is 6.22. The van der Waals surface area contributed by atoms with Gasteiger partial charge in [0.25, 0.3) is 0 Å². The lowest BCUT2D eigenvalue weighted by Crippen LogP contribution is -2.09. The number of hydrogen-bond donors (Lipinski definition) is 0. The van der Waals surface area contributed by atoms with Crippen molar-refractivity contribution < 1.29 is 4.42 Å². The fourth-order valence-electron chi connectivity index (χ4n) is 9.33. The number of benzene rings is 10. The average molecular weight is 805 g/mol. The van der Waals surface area contributed by atoms with E-state index in [4.69, 9.17) is 4.42 Å². The molecule has 0 fully saturated rings. The molecule has 0 radical (unpaired) electrons. The van der Waals surface area contributed by atoms with Gasteiger partial charge in [-0.15, -0.1) is 0 Å². The number of para-hydroxylation sites is 3. The minimum atomic E-state index is 0.882. The smallest absolute Gasteiger partial charge is 0.135 e. The van der Waals surface area contributed by atoms with Gasteiger partial charge in [0.1, 0.15) is 11.2 Å². The molecule has 296 valence electrons. The quantitative estimate of drug-likeness (QED) is 0.153. The van der Waals surface area contributed by atoms with Gasteiger partial charge in [0.05, 0.1) is 16.7 Å². The normalized spacial score (nSPS) is 11.5. The number of aromatic nitrogens is 1. The molecule has 0 unspecified atom stereocenters. The van der Waals surface area contributed by atoms with E-state index in [0.29, 0.717) is 0 Å². The van der Waals surface area contributed by atoms with Crippen LogP contribution in [-0.4, -0.2) is 4.57 Å². The second-order valence-corrected chi connectivity index (χ2v) is 16.1. The van der Waals surface area contributed by atoms with Crippen LogP contribution in [0.4, 0.5) is 17.1 Å². The van der Waals surface area contributed by atoms with Crippen molar-refractivity contribution in [1.82, 2.24) is 4.57 Å². The minimum absolute atomic E-state index is 0.882. The molecule has 0 bridgehead atoms. The first-order valence-electron chi connectivity index (χ1n) is 21.5. The van der Waals surface area contributed by atoms with Crippen LogP contribution in [0.1, 0.15) is 0 Å². The predicted octanol–water partition coefficient (Wildman–Crippen LogP) is 16.8. The van der Waals surface area contributed by atoms with Crippen molar-refractivity contribution in [1.29, 1.82) is 0 Å². The molecule has 2 aromatic heterocycles. The molecule has 0 aliphatic heterocycles. The summed E-state index contributed by atoms with van der Waals surface area (Å²) in [6.07, 6.45) is 0. The zero-order chi connectivity index (χ0) is 41.7. The SMILES string of the molecule is c1ccc(-c2ccc(N(c3ccc(-c4ccc(-c5ccccc5-n5c6ccccc6c6ccc(-c7ccccc7)cc65)cc4)cc3)c3ccc4oc5ccccc5c4c3)cc2)cc1. The molecule has 0 N–H and O–H groups in total. The molecule has 63 heavy (non-hydrogen) atoms. The van der Waals surface area contributed by atoms with Gasteiger partial charge in [0, 0.05) is 44.2 Å². The Morgan fingerprint density at radius 2 is 0.762 bits per heavy atom. The van der Waals surface area contributed by atoms with Crippen molar-refractivity contribution in [3.63, 3.8) is 0 Å². The maximum absolute atomic E-state index is 6.22. The number of furan rings is 1. The maximum Gasteiger partial charge on any atom is 0.135 e. The summed E-state index contributed by atoms with van der Waals surface area (Å²) in [4.78, 5) is 2.33. The Kier molecular flexibility index (Phi) is 8.83. The molecule has 2 heterocycles. The fourth-order valence-corrected chi connectivity index (χ4v) is 9.33. The first-order valence-corrected chi connectivity index (χ1v) is 21.5. The van der Waals surface area contributed by atoms with Gasteiger partial charge in [0.2, 0.25) is 0 Å². The average Bonchev–Trinajstić information content (AvgIpc) is 3.90. The molecule has 3 heteroatoms. The highest BCUT2D eigenvalue weighted by molar-refractivity contribution is 6.11. The molecular formula is C60H40N2O. The molecule has 3 nitrogen and oxygen atoms in total. The highest BCUT2D eigenvalue weighted by atomic mass is 16.3. The van der Waals surface area contributed by atoms with Crippen molar-refractivity contribution in [3.8, 4) is 50.2 Å². The number of nitrogens with zero attached hydrogens (tertiary/aromatic N) is 2. The van der Waals surface area contributed by atoms with E-state index in [0.717, 1.165) is 55.8 Å². The molecule has 0 aliphatic rings. The number of fused-ring (bicyclic) bond motifs is 6. The van der Waals surface area contributed by atoms with Crippen molar-refractivity contribution in [3.05, 3.63) is 243 Å². The zero-order valence-electron chi connectivity index (χ0n) is 34.4. The van der Waals surface area contributed by atoms with E-state index in [1.807, 2.05) is 12.1 Å². The van der Waals surface area contributed by atoms with Gasteiger partial charge in [-0.25, -0.2) is 0 Å². The van der Waals surface area contributed by atoms with E-state index in [9.17, 15) is 0 Å². The van der Waals surface area contributed by atoms with E-state index in [1.165, 1.54) is 55.2 Å². The fraction of sp³-hybridized carbons (Fsp3) is 0. The topological polar surface area (TPSA) is 21.3 Å². The Morgan fingerprint density at radius 1 is 0.286 bits per heavy atom. The van der Waals surface area contributed by atoms with Crippen molar-refractivity contribution in [2.24, 2.45) is 0 Å². The summed E-state index contributed by atoms with van der Waals surface area (Å²) >= 11 is 0. The number of rotatable bonds is 8. The van der Waals surface area contributed by atoms with Crippen LogP contribution in [0.2, 0.25) is 0 Å². The summed E-state index contributed by atoms with van der Waals surface area (Å²) in [7, 11) is 0. The van der Waals surface area contributed by atoms with E-state index in [2.05, 4.69) is 240 Å². The molecule has 0 amide bonds. The third-order valence-corrected chi connectivity index (χ3v) is 12.4. The predicted molar refractivity (Wildman–Crippen MR) is 264 cm³/mol. The van der Waals surface area contributed by atoms with Crippen LogP contribution in [0.15, 0.2) is 247 Å².